The van der Waals surface area contributed by atoms with Crippen molar-refractivity contribution in [3.8, 4) is 5.88 Å². The molecule has 0 fully saturated rings. The molecule has 0 aliphatic carbocycles. The van der Waals surface area contributed by atoms with Crippen molar-refractivity contribution >= 4 is 16.8 Å². The molecule has 0 saturated heterocycles. The Hall–Kier alpha value is -2.71. The van der Waals surface area contributed by atoms with E-state index in [1.807, 2.05) is 0 Å². The number of pyridine rings is 1. The zero-order valence-corrected chi connectivity index (χ0v) is 11.2. The molecule has 0 aliphatic heterocycles. The molecule has 0 unspecified atom stereocenters. The molecule has 0 radical (unpaired) electrons. The van der Waals surface area contributed by atoms with Crippen LogP contribution in [0.4, 0.5) is 13.2 Å². The van der Waals surface area contributed by atoms with E-state index >= 15 is 0 Å². The van der Waals surface area contributed by atoms with Crippen molar-refractivity contribution in [3.63, 3.8) is 0 Å². The number of fused-ring (bicyclic) bond motifs is 3. The highest BCUT2D eigenvalue weighted by Crippen LogP contribution is 2.31. The lowest BCUT2D eigenvalue weighted by Gasteiger charge is -2.09. The van der Waals surface area contributed by atoms with Gasteiger partial charge in [0.15, 0.2) is 5.65 Å². The zero-order valence-electron chi connectivity index (χ0n) is 11.2. The van der Waals surface area contributed by atoms with Gasteiger partial charge in [-0.15, -0.1) is 16.8 Å². The van der Waals surface area contributed by atoms with Crippen molar-refractivity contribution in [1.82, 2.24) is 24.6 Å². The summed E-state index contributed by atoms with van der Waals surface area (Å²) in [6.07, 6.45) is -1.13. The summed E-state index contributed by atoms with van der Waals surface area (Å²) in [5.74, 6) is -1.19. The molecule has 0 aromatic carbocycles. The molecule has 3 heterocycles. The van der Waals surface area contributed by atoms with Crippen LogP contribution in [0.15, 0.2) is 31.0 Å². The van der Waals surface area contributed by atoms with E-state index in [1.165, 1.54) is 6.20 Å². The van der Waals surface area contributed by atoms with Crippen molar-refractivity contribution in [2.75, 3.05) is 6.61 Å². The van der Waals surface area contributed by atoms with Crippen molar-refractivity contribution < 1.29 is 17.9 Å². The lowest BCUT2D eigenvalue weighted by Crippen LogP contribution is -2.12. The molecule has 0 N–H and O–H groups in total. The van der Waals surface area contributed by atoms with Crippen LogP contribution in [0, 0.1) is 0 Å². The first-order valence-electron chi connectivity index (χ1n) is 6.33. The fourth-order valence-electron chi connectivity index (χ4n) is 1.95. The number of rotatable bonds is 4. The second-order valence-corrected chi connectivity index (χ2v) is 4.37. The Morgan fingerprint density at radius 1 is 1.27 bits per heavy atom. The van der Waals surface area contributed by atoms with Gasteiger partial charge in [-0.2, -0.15) is 13.2 Å². The Balaban J connectivity index is 2.28. The van der Waals surface area contributed by atoms with Gasteiger partial charge in [0.05, 0.1) is 6.61 Å². The molecule has 3 aromatic rings. The van der Waals surface area contributed by atoms with Crippen molar-refractivity contribution in [2.24, 2.45) is 0 Å². The maximum absolute atomic E-state index is 13.1. The maximum Gasteiger partial charge on any atom is 0.452 e. The third-order valence-corrected chi connectivity index (χ3v) is 2.87. The third kappa shape index (κ3) is 2.34. The lowest BCUT2D eigenvalue weighted by atomic mass is 10.4. The summed E-state index contributed by atoms with van der Waals surface area (Å²) >= 11 is 0. The number of alkyl halides is 3. The van der Waals surface area contributed by atoms with Gasteiger partial charge in [-0.25, -0.2) is 14.4 Å². The van der Waals surface area contributed by atoms with Crippen LogP contribution in [0.3, 0.4) is 0 Å². The highest BCUT2D eigenvalue weighted by molar-refractivity contribution is 5.75. The minimum absolute atomic E-state index is 0.0193. The third-order valence-electron chi connectivity index (χ3n) is 2.87. The molecule has 0 atom stereocenters. The molecule has 6 nitrogen and oxygen atoms in total. The number of nitrogens with zero attached hydrogens (tertiary/aromatic N) is 5. The quantitative estimate of drug-likeness (QED) is 0.547. The van der Waals surface area contributed by atoms with Crippen LogP contribution in [0.1, 0.15) is 12.2 Å². The topological polar surface area (TPSA) is 65.2 Å². The summed E-state index contributed by atoms with van der Waals surface area (Å²) in [6, 6.07) is 3.12. The highest BCUT2D eigenvalue weighted by Gasteiger charge is 2.38. The van der Waals surface area contributed by atoms with Crippen LogP contribution in [0.25, 0.3) is 16.8 Å². The largest absolute Gasteiger partial charge is 0.475 e. The van der Waals surface area contributed by atoms with Crippen LogP contribution in [-0.2, 0) is 6.18 Å². The Labute approximate surface area is 122 Å². The number of ether oxygens (including phenoxy) is 1. The normalized spacial score (nSPS) is 12.0. The SMILES string of the molecule is C=CCCOc1nc2cccnc2n2c(C(F)(F)F)nnc12. The molecule has 114 valence electrons. The average molecular weight is 309 g/mol. The van der Waals surface area contributed by atoms with E-state index < -0.39 is 12.0 Å². The molecule has 0 saturated carbocycles. The number of hydrogen-bond acceptors (Lipinski definition) is 5. The van der Waals surface area contributed by atoms with Crippen LogP contribution in [-0.4, -0.2) is 31.2 Å². The zero-order chi connectivity index (χ0) is 15.7. The van der Waals surface area contributed by atoms with Crippen LogP contribution in [0.2, 0.25) is 0 Å². The second kappa shape index (κ2) is 5.24. The summed E-state index contributed by atoms with van der Waals surface area (Å²) in [5.41, 5.74) is 0.155. The maximum atomic E-state index is 13.1. The molecule has 9 heteroatoms. The number of aromatic nitrogens is 5. The minimum Gasteiger partial charge on any atom is -0.475 e. The Bertz CT molecular complexity index is 843. The van der Waals surface area contributed by atoms with E-state index in [0.29, 0.717) is 6.42 Å². The Morgan fingerprint density at radius 2 is 2.09 bits per heavy atom. The summed E-state index contributed by atoms with van der Waals surface area (Å²) in [4.78, 5) is 8.10. The average Bonchev–Trinajstić information content (AvgIpc) is 2.93. The molecule has 0 amide bonds. The first-order valence-corrected chi connectivity index (χ1v) is 6.33. The summed E-state index contributed by atoms with van der Waals surface area (Å²) < 4.78 is 45.5. The smallest absolute Gasteiger partial charge is 0.452 e. The number of hydrogen-bond donors (Lipinski definition) is 0. The summed E-state index contributed by atoms with van der Waals surface area (Å²) in [5, 5.41) is 6.77. The second-order valence-electron chi connectivity index (χ2n) is 4.37. The first-order chi connectivity index (χ1) is 10.5. The molecule has 0 bridgehead atoms. The first kappa shape index (κ1) is 14.2. The fraction of sp³-hybridized carbons (Fsp3) is 0.231. The summed E-state index contributed by atoms with van der Waals surface area (Å²) in [6.45, 7) is 3.78. The van der Waals surface area contributed by atoms with Crippen molar-refractivity contribution in [3.05, 3.63) is 36.8 Å². The van der Waals surface area contributed by atoms with Gasteiger partial charge in [0.2, 0.25) is 11.5 Å². The number of halogens is 3. The molecule has 3 rings (SSSR count). The fourth-order valence-corrected chi connectivity index (χ4v) is 1.95. The van der Waals surface area contributed by atoms with Crippen molar-refractivity contribution in [1.29, 1.82) is 0 Å². The van der Waals surface area contributed by atoms with Gasteiger partial charge in [-0.1, -0.05) is 6.08 Å². The monoisotopic (exact) mass is 309 g/mol. The Morgan fingerprint density at radius 3 is 2.82 bits per heavy atom. The van der Waals surface area contributed by atoms with Gasteiger partial charge in [0.1, 0.15) is 5.52 Å². The van der Waals surface area contributed by atoms with Gasteiger partial charge in [0.25, 0.3) is 5.88 Å². The van der Waals surface area contributed by atoms with E-state index in [0.717, 1.165) is 4.40 Å². The van der Waals surface area contributed by atoms with E-state index in [1.54, 1.807) is 18.2 Å². The van der Waals surface area contributed by atoms with Gasteiger partial charge in [-0.05, 0) is 18.6 Å². The minimum atomic E-state index is -4.66. The van der Waals surface area contributed by atoms with Crippen LogP contribution in [0.5, 0.6) is 5.88 Å². The molecule has 0 spiro atoms. The predicted molar refractivity (Wildman–Crippen MR) is 71.4 cm³/mol. The standard InChI is InChI=1S/C13H10F3N5O/c1-2-3-7-22-11-10-19-20-12(13(14,15)16)21(10)9-8(18-11)5-4-6-17-9/h2,4-6H,1,3,7H2. The molecule has 0 aliphatic rings. The van der Waals surface area contributed by atoms with E-state index in [9.17, 15) is 13.2 Å². The molecule has 22 heavy (non-hydrogen) atoms. The molecular weight excluding hydrogens is 299 g/mol. The van der Waals surface area contributed by atoms with E-state index in [4.69, 9.17) is 4.74 Å². The molecule has 3 aromatic heterocycles. The predicted octanol–water partition coefficient (Wildman–Crippen LogP) is 2.65. The van der Waals surface area contributed by atoms with Gasteiger partial charge >= 0.3 is 6.18 Å². The highest BCUT2D eigenvalue weighted by atomic mass is 19.4. The van der Waals surface area contributed by atoms with Crippen LogP contribution < -0.4 is 4.74 Å². The molecular formula is C13H10F3N5O. The van der Waals surface area contributed by atoms with Crippen molar-refractivity contribution in [2.45, 2.75) is 12.6 Å². The summed E-state index contributed by atoms with van der Waals surface area (Å²) in [7, 11) is 0. The van der Waals surface area contributed by atoms with Crippen LogP contribution >= 0.6 is 0 Å². The lowest BCUT2D eigenvalue weighted by molar-refractivity contribution is -0.145. The Kier molecular flexibility index (Phi) is 3.39. The van der Waals surface area contributed by atoms with Gasteiger partial charge in [-0.3, -0.25) is 0 Å². The van der Waals surface area contributed by atoms with E-state index in [-0.39, 0.29) is 29.3 Å². The van der Waals surface area contributed by atoms with Gasteiger partial charge in [0, 0.05) is 6.20 Å². The van der Waals surface area contributed by atoms with E-state index in [2.05, 4.69) is 26.7 Å². The van der Waals surface area contributed by atoms with Gasteiger partial charge < -0.3 is 4.74 Å².